The summed E-state index contributed by atoms with van der Waals surface area (Å²) in [5.41, 5.74) is 3.44. The number of hydrogen-bond acceptors (Lipinski definition) is 8. The van der Waals surface area contributed by atoms with E-state index in [4.69, 9.17) is 9.47 Å². The summed E-state index contributed by atoms with van der Waals surface area (Å²) in [6.07, 6.45) is 5.38. The summed E-state index contributed by atoms with van der Waals surface area (Å²) >= 11 is 0. The summed E-state index contributed by atoms with van der Waals surface area (Å²) in [6, 6.07) is 13.5. The van der Waals surface area contributed by atoms with Crippen molar-refractivity contribution in [1.29, 1.82) is 0 Å². The van der Waals surface area contributed by atoms with Gasteiger partial charge in [-0.15, -0.1) is 0 Å². The Morgan fingerprint density at radius 3 is 2.46 bits per heavy atom. The molecule has 0 spiro atoms. The summed E-state index contributed by atoms with van der Waals surface area (Å²) in [5, 5.41) is 11.5. The highest BCUT2D eigenvalue weighted by atomic mass is 32.2. The van der Waals surface area contributed by atoms with Gasteiger partial charge in [-0.05, 0) is 83.3 Å². The lowest BCUT2D eigenvalue weighted by Crippen LogP contribution is -2.48. The zero-order valence-electron chi connectivity index (χ0n) is 29.9. The minimum Gasteiger partial charge on any atom is -0.491 e. The van der Waals surface area contributed by atoms with Crippen LogP contribution in [0.1, 0.15) is 81.1 Å². The third-order valence-corrected chi connectivity index (χ3v) is 12.0. The van der Waals surface area contributed by atoms with Gasteiger partial charge in [0.2, 0.25) is 0 Å². The Labute approximate surface area is 295 Å². The number of ether oxygens (including phenoxy) is 2. The quantitative estimate of drug-likeness (QED) is 0.295. The van der Waals surface area contributed by atoms with E-state index in [0.717, 1.165) is 56.5 Å². The van der Waals surface area contributed by atoms with Gasteiger partial charge in [-0.1, -0.05) is 43.5 Å². The second-order valence-corrected chi connectivity index (χ2v) is 16.8. The molecule has 3 aliphatic rings. The first kappa shape index (κ1) is 36.2. The first-order valence-electron chi connectivity index (χ1n) is 17.8. The van der Waals surface area contributed by atoms with E-state index in [1.807, 2.05) is 10.8 Å². The monoisotopic (exact) mass is 709 g/mol. The van der Waals surface area contributed by atoms with Crippen molar-refractivity contribution in [2.75, 3.05) is 46.9 Å². The number of rotatable bonds is 9. The minimum atomic E-state index is -4.06. The van der Waals surface area contributed by atoms with Crippen molar-refractivity contribution in [2.24, 2.45) is 0 Å². The molecule has 1 aliphatic carbocycles. The number of amides is 1. The number of carboxylic acids is 1. The fourth-order valence-corrected chi connectivity index (χ4v) is 8.81. The van der Waals surface area contributed by atoms with Crippen LogP contribution in [-0.4, -0.2) is 109 Å². The number of fused-ring (bicyclic) bond motifs is 5. The molecule has 2 fully saturated rings. The number of hydrogen-bond donors (Lipinski definition) is 2. The molecule has 0 radical (unpaired) electrons. The molecule has 1 saturated heterocycles. The molecule has 6 rings (SSSR count). The molecule has 13 heteroatoms. The number of carbonyl (C=O) groups is 2. The van der Waals surface area contributed by atoms with Gasteiger partial charge in [0.25, 0.3) is 0 Å². The van der Waals surface area contributed by atoms with E-state index in [1.165, 1.54) is 28.7 Å². The Kier molecular flexibility index (Phi) is 10.5. The molecule has 2 aromatic carbocycles. The molecule has 2 aliphatic heterocycles. The molecule has 272 valence electrons. The standard InChI is InChI=1S/C37H51N5O7S/c1-37(2,3)49-36(45)38-50(46,47)40(5)26-18-19-41(22-26)21-20-39(4)27-23-42-30-16-10-9-14-28(30)32(25-12-7-6-8-13-25)34(42)33-29(35(43)44)15-11-17-31(33)48-24-27/h9-11,14-17,25-27H,6-8,12-13,18-24H2,1-5H3,(H,38,45)(H,43,44)/t26?,27-/m1/s1. The van der Waals surface area contributed by atoms with E-state index in [2.05, 4.69) is 45.7 Å². The van der Waals surface area contributed by atoms with Crippen LogP contribution in [0.3, 0.4) is 0 Å². The van der Waals surface area contributed by atoms with E-state index in [9.17, 15) is 23.1 Å². The van der Waals surface area contributed by atoms with Gasteiger partial charge in [-0.3, -0.25) is 4.90 Å². The van der Waals surface area contributed by atoms with Gasteiger partial charge >= 0.3 is 22.3 Å². The van der Waals surface area contributed by atoms with Crippen LogP contribution in [0.5, 0.6) is 5.75 Å². The van der Waals surface area contributed by atoms with Crippen LogP contribution in [0.15, 0.2) is 42.5 Å². The number of benzene rings is 2. The summed E-state index contributed by atoms with van der Waals surface area (Å²) in [6.45, 7) is 8.78. The van der Waals surface area contributed by atoms with Crippen molar-refractivity contribution in [1.82, 2.24) is 23.4 Å². The number of aromatic carboxylic acids is 1. The Morgan fingerprint density at radius 2 is 1.74 bits per heavy atom. The summed E-state index contributed by atoms with van der Waals surface area (Å²) in [4.78, 5) is 29.4. The molecule has 3 aromatic rings. The second kappa shape index (κ2) is 14.5. The number of nitrogens with zero attached hydrogens (tertiary/aromatic N) is 4. The van der Waals surface area contributed by atoms with Gasteiger partial charge in [0, 0.05) is 50.2 Å². The zero-order chi connectivity index (χ0) is 35.8. The molecule has 1 amide bonds. The normalized spacial score (nSPS) is 20.6. The van der Waals surface area contributed by atoms with Crippen molar-refractivity contribution in [2.45, 2.75) is 89.4 Å². The van der Waals surface area contributed by atoms with E-state index in [1.54, 1.807) is 32.9 Å². The van der Waals surface area contributed by atoms with Crippen LogP contribution in [-0.2, 0) is 21.5 Å². The molecule has 0 bridgehead atoms. The van der Waals surface area contributed by atoms with Crippen molar-refractivity contribution in [3.8, 4) is 17.0 Å². The molecule has 1 aromatic heterocycles. The zero-order valence-corrected chi connectivity index (χ0v) is 30.7. The van der Waals surface area contributed by atoms with Gasteiger partial charge in [-0.25, -0.2) is 14.3 Å². The molecule has 3 heterocycles. The highest BCUT2D eigenvalue weighted by Crippen LogP contribution is 2.48. The maximum absolute atomic E-state index is 12.9. The van der Waals surface area contributed by atoms with E-state index < -0.39 is 27.9 Å². The first-order valence-corrected chi connectivity index (χ1v) is 19.2. The van der Waals surface area contributed by atoms with E-state index >= 15 is 0 Å². The molecular formula is C37H51N5O7S. The first-order chi connectivity index (χ1) is 23.7. The summed E-state index contributed by atoms with van der Waals surface area (Å²) < 4.78 is 43.1. The lowest BCUT2D eigenvalue weighted by Gasteiger charge is -2.33. The van der Waals surface area contributed by atoms with Crippen LogP contribution in [0.25, 0.3) is 22.2 Å². The van der Waals surface area contributed by atoms with Gasteiger partial charge in [0.1, 0.15) is 18.0 Å². The minimum absolute atomic E-state index is 0.00937. The predicted molar refractivity (Wildman–Crippen MR) is 193 cm³/mol. The van der Waals surface area contributed by atoms with Gasteiger partial charge < -0.3 is 24.0 Å². The Morgan fingerprint density at radius 1 is 1.00 bits per heavy atom. The van der Waals surface area contributed by atoms with Crippen LogP contribution in [0.4, 0.5) is 4.79 Å². The van der Waals surface area contributed by atoms with Crippen LogP contribution < -0.4 is 9.46 Å². The maximum Gasteiger partial charge on any atom is 0.422 e. The fourth-order valence-electron chi connectivity index (χ4n) is 7.85. The SMILES string of the molecule is CN(CCN1CCC(N(C)S(=O)(=O)NC(=O)OC(C)(C)C)C1)[C@H]1COc2cccc(C(=O)O)c2-c2c(C3CCCCC3)c3ccccc3n2C1. The highest BCUT2D eigenvalue weighted by molar-refractivity contribution is 7.87. The van der Waals surface area contributed by atoms with E-state index in [-0.39, 0.29) is 17.6 Å². The number of likely N-dealkylation sites (N-methyl/N-ethyl adjacent to an activating group) is 2. The molecule has 2 N–H and O–H groups in total. The van der Waals surface area contributed by atoms with Gasteiger partial charge in [0.05, 0.1) is 22.9 Å². The third-order valence-electron chi connectivity index (χ3n) is 10.5. The fraction of sp³-hybridized carbons (Fsp3) is 0.568. The molecule has 50 heavy (non-hydrogen) atoms. The lowest BCUT2D eigenvalue weighted by atomic mass is 9.81. The summed E-state index contributed by atoms with van der Waals surface area (Å²) in [5.74, 6) is -0.0237. The van der Waals surface area contributed by atoms with Crippen molar-refractivity contribution < 1.29 is 32.6 Å². The molecule has 1 saturated carbocycles. The predicted octanol–water partition coefficient (Wildman–Crippen LogP) is 5.52. The average Bonchev–Trinajstić information content (AvgIpc) is 3.65. The average molecular weight is 710 g/mol. The molecular weight excluding hydrogens is 659 g/mol. The van der Waals surface area contributed by atoms with E-state index in [0.29, 0.717) is 43.3 Å². The molecule has 2 atom stereocenters. The maximum atomic E-state index is 12.9. The topological polar surface area (TPSA) is 134 Å². The highest BCUT2D eigenvalue weighted by Gasteiger charge is 2.36. The Bertz CT molecular complexity index is 1830. The Balaban J connectivity index is 1.21. The smallest absolute Gasteiger partial charge is 0.422 e. The number of nitrogens with one attached hydrogen (secondary N) is 1. The Hall–Kier alpha value is -3.65. The lowest BCUT2D eigenvalue weighted by molar-refractivity contribution is 0.0565. The number of carbonyl (C=O) groups excluding carboxylic acids is 1. The van der Waals surface area contributed by atoms with Crippen molar-refractivity contribution in [3.63, 3.8) is 0 Å². The van der Waals surface area contributed by atoms with Crippen molar-refractivity contribution >= 4 is 33.2 Å². The number of carboxylic acid groups (broad SMARTS) is 1. The second-order valence-electron chi connectivity index (χ2n) is 15.0. The molecule has 1 unspecified atom stereocenters. The van der Waals surface area contributed by atoms with Crippen molar-refractivity contribution in [3.05, 3.63) is 53.6 Å². The number of para-hydroxylation sites is 1. The van der Waals surface area contributed by atoms with Crippen LogP contribution >= 0.6 is 0 Å². The summed E-state index contributed by atoms with van der Waals surface area (Å²) in [7, 11) is -0.482. The molecule has 12 nitrogen and oxygen atoms in total. The number of likely N-dealkylation sites (tertiary alicyclic amines) is 1. The van der Waals surface area contributed by atoms with Crippen LogP contribution in [0, 0.1) is 0 Å². The van der Waals surface area contributed by atoms with Gasteiger partial charge in [-0.2, -0.15) is 12.7 Å². The van der Waals surface area contributed by atoms with Crippen LogP contribution in [0.2, 0.25) is 0 Å². The largest absolute Gasteiger partial charge is 0.491 e. The number of aromatic nitrogens is 1. The van der Waals surface area contributed by atoms with Gasteiger partial charge in [0.15, 0.2) is 0 Å². The third kappa shape index (κ3) is 7.65.